The Bertz CT molecular complexity index is 2520. The van der Waals surface area contributed by atoms with Gasteiger partial charge in [-0.25, -0.2) is 0 Å². The first-order valence-corrected chi connectivity index (χ1v) is 15.7. The molecule has 0 aliphatic carbocycles. The first-order valence-electron chi connectivity index (χ1n) is 15.7. The van der Waals surface area contributed by atoms with Crippen molar-refractivity contribution >= 4 is 60.5 Å². The molecule has 0 aliphatic heterocycles. The standard InChI is InChI=1S/C44H29NO/c1-3-13-30(14-4-1)33-19-11-20-34(27-33)45(42-24-12-18-31-17-7-8-21-36(31)42)35-25-26-43-40(28-35)41-29-39(32-15-5-2-6-16-32)37-22-9-10-23-38(37)44(41)46-43/h1-29H. The maximum Gasteiger partial charge on any atom is 0.143 e. The van der Waals surface area contributed by atoms with Crippen molar-refractivity contribution < 1.29 is 4.42 Å². The Morgan fingerprint density at radius 3 is 1.83 bits per heavy atom. The molecule has 0 unspecified atom stereocenters. The van der Waals surface area contributed by atoms with Crippen LogP contribution in [0.2, 0.25) is 0 Å². The van der Waals surface area contributed by atoms with E-state index in [-0.39, 0.29) is 0 Å². The number of hydrogen-bond donors (Lipinski definition) is 0. The molecule has 0 amide bonds. The lowest BCUT2D eigenvalue weighted by Crippen LogP contribution is -2.10. The van der Waals surface area contributed by atoms with E-state index in [1.54, 1.807) is 0 Å². The monoisotopic (exact) mass is 587 g/mol. The number of benzene rings is 8. The van der Waals surface area contributed by atoms with Gasteiger partial charge in [-0.1, -0.05) is 133 Å². The second kappa shape index (κ2) is 10.8. The van der Waals surface area contributed by atoms with Crippen LogP contribution in [-0.4, -0.2) is 0 Å². The van der Waals surface area contributed by atoms with Crippen molar-refractivity contribution in [2.24, 2.45) is 0 Å². The van der Waals surface area contributed by atoms with Gasteiger partial charge in [-0.2, -0.15) is 0 Å². The molecule has 8 aromatic carbocycles. The molecule has 0 aliphatic rings. The average molecular weight is 588 g/mol. The summed E-state index contributed by atoms with van der Waals surface area (Å²) in [5.41, 5.74) is 9.88. The van der Waals surface area contributed by atoms with Crippen LogP contribution >= 0.6 is 0 Å². The van der Waals surface area contributed by atoms with Crippen LogP contribution < -0.4 is 4.90 Å². The van der Waals surface area contributed by atoms with Gasteiger partial charge in [0.05, 0.1) is 5.69 Å². The van der Waals surface area contributed by atoms with E-state index in [1.165, 1.54) is 38.4 Å². The third kappa shape index (κ3) is 4.35. The highest BCUT2D eigenvalue weighted by Crippen LogP contribution is 2.44. The average Bonchev–Trinajstić information content (AvgIpc) is 3.51. The fourth-order valence-electron chi connectivity index (χ4n) is 6.87. The largest absolute Gasteiger partial charge is 0.455 e. The Hall–Kier alpha value is -6.12. The van der Waals surface area contributed by atoms with Crippen LogP contribution in [0.5, 0.6) is 0 Å². The lowest BCUT2D eigenvalue weighted by Gasteiger charge is -2.27. The number of rotatable bonds is 5. The molecular weight excluding hydrogens is 558 g/mol. The number of furan rings is 1. The highest BCUT2D eigenvalue weighted by Gasteiger charge is 2.20. The lowest BCUT2D eigenvalue weighted by atomic mass is 9.95. The first kappa shape index (κ1) is 26.3. The SMILES string of the molecule is c1ccc(-c2cccc(N(c3ccc4oc5c6ccccc6c(-c6ccccc6)cc5c4c3)c3cccc4ccccc34)c2)cc1. The summed E-state index contributed by atoms with van der Waals surface area (Å²) in [6.07, 6.45) is 0. The summed E-state index contributed by atoms with van der Waals surface area (Å²) < 4.78 is 6.63. The van der Waals surface area contributed by atoms with Crippen molar-refractivity contribution in [3.63, 3.8) is 0 Å². The third-order valence-corrected chi connectivity index (χ3v) is 9.02. The minimum atomic E-state index is 0.880. The molecule has 216 valence electrons. The van der Waals surface area contributed by atoms with Crippen LogP contribution in [0.1, 0.15) is 0 Å². The smallest absolute Gasteiger partial charge is 0.143 e. The molecule has 0 spiro atoms. The van der Waals surface area contributed by atoms with Crippen molar-refractivity contribution in [3.05, 3.63) is 176 Å². The summed E-state index contributed by atoms with van der Waals surface area (Å²) in [7, 11) is 0. The van der Waals surface area contributed by atoms with Gasteiger partial charge < -0.3 is 9.32 Å². The quantitative estimate of drug-likeness (QED) is 0.199. The van der Waals surface area contributed by atoms with Gasteiger partial charge >= 0.3 is 0 Å². The van der Waals surface area contributed by atoms with Crippen LogP contribution in [0.15, 0.2) is 180 Å². The van der Waals surface area contributed by atoms with E-state index in [2.05, 4.69) is 181 Å². The van der Waals surface area contributed by atoms with Gasteiger partial charge in [-0.3, -0.25) is 0 Å². The van der Waals surface area contributed by atoms with Gasteiger partial charge in [-0.05, 0) is 75.5 Å². The zero-order chi connectivity index (χ0) is 30.5. The molecule has 1 heterocycles. The maximum atomic E-state index is 6.63. The molecule has 9 aromatic rings. The summed E-state index contributed by atoms with van der Waals surface area (Å²) in [6, 6.07) is 62.7. The number of fused-ring (bicyclic) bond motifs is 6. The van der Waals surface area contributed by atoms with Gasteiger partial charge in [0.25, 0.3) is 0 Å². The third-order valence-electron chi connectivity index (χ3n) is 9.02. The molecule has 2 nitrogen and oxygen atoms in total. The summed E-state index contributed by atoms with van der Waals surface area (Å²) in [6.45, 7) is 0. The molecule has 0 atom stereocenters. The van der Waals surface area contributed by atoms with Gasteiger partial charge in [-0.15, -0.1) is 0 Å². The second-order valence-corrected chi connectivity index (χ2v) is 11.7. The number of nitrogens with zero attached hydrogens (tertiary/aromatic N) is 1. The van der Waals surface area contributed by atoms with Crippen molar-refractivity contribution in [2.45, 2.75) is 0 Å². The Kier molecular flexibility index (Phi) is 6.17. The summed E-state index contributed by atoms with van der Waals surface area (Å²) in [4.78, 5) is 2.38. The van der Waals surface area contributed by atoms with Gasteiger partial charge in [0.1, 0.15) is 11.2 Å². The Balaban J connectivity index is 1.31. The molecule has 0 radical (unpaired) electrons. The lowest BCUT2D eigenvalue weighted by molar-refractivity contribution is 0.672. The van der Waals surface area contributed by atoms with Crippen LogP contribution in [0.25, 0.3) is 65.7 Å². The summed E-state index contributed by atoms with van der Waals surface area (Å²) in [5, 5.41) is 6.93. The highest BCUT2D eigenvalue weighted by molar-refractivity contribution is 6.19. The van der Waals surface area contributed by atoms with E-state index in [9.17, 15) is 0 Å². The minimum Gasteiger partial charge on any atom is -0.455 e. The van der Waals surface area contributed by atoms with Gasteiger partial charge in [0.2, 0.25) is 0 Å². The summed E-state index contributed by atoms with van der Waals surface area (Å²) in [5.74, 6) is 0. The van der Waals surface area contributed by atoms with E-state index in [4.69, 9.17) is 4.42 Å². The zero-order valence-corrected chi connectivity index (χ0v) is 25.1. The highest BCUT2D eigenvalue weighted by atomic mass is 16.3. The zero-order valence-electron chi connectivity index (χ0n) is 25.1. The predicted molar refractivity (Wildman–Crippen MR) is 194 cm³/mol. The van der Waals surface area contributed by atoms with Crippen LogP contribution in [0, 0.1) is 0 Å². The Morgan fingerprint density at radius 1 is 0.370 bits per heavy atom. The van der Waals surface area contributed by atoms with Gasteiger partial charge in [0.15, 0.2) is 0 Å². The molecule has 46 heavy (non-hydrogen) atoms. The molecule has 0 saturated heterocycles. The Morgan fingerprint density at radius 2 is 1.00 bits per heavy atom. The van der Waals surface area contributed by atoms with E-state index in [0.717, 1.165) is 44.4 Å². The number of hydrogen-bond acceptors (Lipinski definition) is 2. The number of anilines is 3. The molecule has 0 saturated carbocycles. The van der Waals surface area contributed by atoms with Crippen molar-refractivity contribution in [1.29, 1.82) is 0 Å². The van der Waals surface area contributed by atoms with Crippen LogP contribution in [-0.2, 0) is 0 Å². The van der Waals surface area contributed by atoms with E-state index in [0.29, 0.717) is 0 Å². The molecule has 1 aromatic heterocycles. The van der Waals surface area contributed by atoms with E-state index in [1.807, 2.05) is 0 Å². The molecular formula is C44H29NO. The molecule has 0 N–H and O–H groups in total. The molecule has 9 rings (SSSR count). The maximum absolute atomic E-state index is 6.63. The van der Waals surface area contributed by atoms with E-state index >= 15 is 0 Å². The normalized spacial score (nSPS) is 11.5. The molecule has 0 fully saturated rings. The van der Waals surface area contributed by atoms with Crippen molar-refractivity contribution in [3.8, 4) is 22.3 Å². The fourth-order valence-corrected chi connectivity index (χ4v) is 6.87. The van der Waals surface area contributed by atoms with Crippen LogP contribution in [0.3, 0.4) is 0 Å². The van der Waals surface area contributed by atoms with E-state index < -0.39 is 0 Å². The second-order valence-electron chi connectivity index (χ2n) is 11.7. The van der Waals surface area contributed by atoms with Crippen molar-refractivity contribution in [2.75, 3.05) is 4.90 Å². The topological polar surface area (TPSA) is 16.4 Å². The van der Waals surface area contributed by atoms with Crippen molar-refractivity contribution in [1.82, 2.24) is 0 Å². The van der Waals surface area contributed by atoms with Crippen LogP contribution in [0.4, 0.5) is 17.1 Å². The predicted octanol–water partition coefficient (Wildman–Crippen LogP) is 12.7. The van der Waals surface area contributed by atoms with Gasteiger partial charge in [0, 0.05) is 32.9 Å². The molecule has 2 heteroatoms. The Labute approximate surface area is 267 Å². The first-order chi connectivity index (χ1) is 22.8. The minimum absolute atomic E-state index is 0.880. The summed E-state index contributed by atoms with van der Waals surface area (Å²) >= 11 is 0. The molecule has 0 bridgehead atoms. The fraction of sp³-hybridized carbons (Fsp3) is 0.